The predicted octanol–water partition coefficient (Wildman–Crippen LogP) is 5.29. The number of nitrogens with zero attached hydrogens (tertiary/aromatic N) is 2. The van der Waals surface area contributed by atoms with Crippen molar-refractivity contribution in [3.8, 4) is 0 Å². The molecule has 0 bridgehead atoms. The van der Waals surface area contributed by atoms with Crippen molar-refractivity contribution in [2.45, 2.75) is 19.8 Å². The fourth-order valence-electron chi connectivity index (χ4n) is 3.11. The average Bonchev–Trinajstić information content (AvgIpc) is 2.83. The second-order valence-electron chi connectivity index (χ2n) is 7.90. The molecule has 3 aromatic carbocycles. The van der Waals surface area contributed by atoms with Crippen molar-refractivity contribution in [1.82, 2.24) is 0 Å². The largest absolute Gasteiger partial charge is 0.322 e. The first-order valence-corrected chi connectivity index (χ1v) is 10.6. The molecule has 2 N–H and O–H groups in total. The lowest BCUT2D eigenvalue weighted by molar-refractivity contribution is -0.385. The standard InChI is InChI=1S/C25H22N4O6/c1-16(2)18-5-3-17(4-6-18)15-23(24(30)26-19-7-11-21(12-8-19)28(32)33)25(31)27-20-9-13-22(14-10-20)29(34)35/h3-16H,1-2H3,(H,26,30)(H,27,31). The Morgan fingerprint density at radius 1 is 0.714 bits per heavy atom. The van der Waals surface area contributed by atoms with E-state index in [2.05, 4.69) is 10.6 Å². The smallest absolute Gasteiger partial charge is 0.269 e. The monoisotopic (exact) mass is 474 g/mol. The molecule has 178 valence electrons. The molecule has 0 atom stereocenters. The molecule has 3 rings (SSSR count). The Hall–Kier alpha value is -4.86. The highest BCUT2D eigenvalue weighted by atomic mass is 16.6. The van der Waals surface area contributed by atoms with Crippen LogP contribution in [0.4, 0.5) is 22.7 Å². The lowest BCUT2D eigenvalue weighted by Crippen LogP contribution is -2.25. The Morgan fingerprint density at radius 3 is 1.46 bits per heavy atom. The third-order valence-electron chi connectivity index (χ3n) is 5.08. The average molecular weight is 474 g/mol. The molecule has 0 radical (unpaired) electrons. The molecule has 0 saturated heterocycles. The first-order chi connectivity index (χ1) is 16.6. The van der Waals surface area contributed by atoms with E-state index in [0.717, 1.165) is 5.56 Å². The van der Waals surface area contributed by atoms with Crippen LogP contribution in [-0.2, 0) is 9.59 Å². The second kappa shape index (κ2) is 10.8. The summed E-state index contributed by atoms with van der Waals surface area (Å²) in [6, 6.07) is 17.8. The van der Waals surface area contributed by atoms with Crippen LogP contribution in [0.1, 0.15) is 30.9 Å². The van der Waals surface area contributed by atoms with Crippen LogP contribution in [0.25, 0.3) is 6.08 Å². The summed E-state index contributed by atoms with van der Waals surface area (Å²) >= 11 is 0. The SMILES string of the molecule is CC(C)c1ccc(C=C(C(=O)Nc2ccc([N+](=O)[O-])cc2)C(=O)Nc2ccc([N+](=O)[O-])cc2)cc1. The summed E-state index contributed by atoms with van der Waals surface area (Å²) in [6.07, 6.45) is 1.42. The zero-order chi connectivity index (χ0) is 25.5. The maximum absolute atomic E-state index is 13.0. The van der Waals surface area contributed by atoms with E-state index < -0.39 is 21.7 Å². The highest BCUT2D eigenvalue weighted by Gasteiger charge is 2.20. The molecule has 0 spiro atoms. The fraction of sp³-hybridized carbons (Fsp3) is 0.120. The van der Waals surface area contributed by atoms with Crippen molar-refractivity contribution < 1.29 is 19.4 Å². The summed E-state index contributed by atoms with van der Waals surface area (Å²) < 4.78 is 0. The van der Waals surface area contributed by atoms with E-state index in [9.17, 15) is 29.8 Å². The molecule has 0 fully saturated rings. The molecular weight excluding hydrogens is 452 g/mol. The minimum absolute atomic E-state index is 0.139. The van der Waals surface area contributed by atoms with Gasteiger partial charge in [0.25, 0.3) is 23.2 Å². The number of non-ortho nitro benzene ring substituents is 2. The lowest BCUT2D eigenvalue weighted by atomic mass is 10.0. The van der Waals surface area contributed by atoms with Crippen LogP contribution in [0.2, 0.25) is 0 Å². The van der Waals surface area contributed by atoms with Gasteiger partial charge in [-0.2, -0.15) is 0 Å². The molecule has 0 aromatic heterocycles. The summed E-state index contributed by atoms with van der Waals surface area (Å²) in [6.45, 7) is 4.09. The zero-order valence-electron chi connectivity index (χ0n) is 18.9. The Kier molecular flexibility index (Phi) is 7.67. The van der Waals surface area contributed by atoms with E-state index >= 15 is 0 Å². The summed E-state index contributed by atoms with van der Waals surface area (Å²) in [5.74, 6) is -1.15. The quantitative estimate of drug-likeness (QED) is 0.149. The van der Waals surface area contributed by atoms with Crippen molar-refractivity contribution in [1.29, 1.82) is 0 Å². The number of carbonyl (C=O) groups is 2. The number of nitro benzene ring substituents is 2. The topological polar surface area (TPSA) is 144 Å². The first-order valence-electron chi connectivity index (χ1n) is 10.6. The van der Waals surface area contributed by atoms with Gasteiger partial charge >= 0.3 is 0 Å². The number of benzene rings is 3. The van der Waals surface area contributed by atoms with Crippen molar-refractivity contribution in [3.63, 3.8) is 0 Å². The van der Waals surface area contributed by atoms with Crippen LogP contribution in [0, 0.1) is 20.2 Å². The number of hydrogen-bond acceptors (Lipinski definition) is 6. The van der Waals surface area contributed by atoms with E-state index in [-0.39, 0.29) is 28.3 Å². The Morgan fingerprint density at radius 2 is 1.11 bits per heavy atom. The van der Waals surface area contributed by atoms with Gasteiger partial charge in [-0.1, -0.05) is 38.1 Å². The Balaban J connectivity index is 1.89. The van der Waals surface area contributed by atoms with E-state index in [1.54, 1.807) is 12.1 Å². The van der Waals surface area contributed by atoms with Gasteiger partial charge in [0, 0.05) is 35.6 Å². The van der Waals surface area contributed by atoms with E-state index in [1.165, 1.54) is 54.6 Å². The number of nitrogens with one attached hydrogen (secondary N) is 2. The number of anilines is 2. The van der Waals surface area contributed by atoms with Crippen LogP contribution in [-0.4, -0.2) is 21.7 Å². The summed E-state index contributed by atoms with van der Waals surface area (Å²) in [5.41, 5.74) is 1.74. The maximum atomic E-state index is 13.0. The van der Waals surface area contributed by atoms with Gasteiger partial charge in [-0.05, 0) is 47.4 Å². The molecule has 0 aliphatic rings. The summed E-state index contributed by atoms with van der Waals surface area (Å²) in [7, 11) is 0. The minimum Gasteiger partial charge on any atom is -0.322 e. The van der Waals surface area contributed by atoms with Gasteiger partial charge < -0.3 is 10.6 Å². The first kappa shape index (κ1) is 24.8. The lowest BCUT2D eigenvalue weighted by Gasteiger charge is -2.11. The van der Waals surface area contributed by atoms with E-state index in [4.69, 9.17) is 0 Å². The van der Waals surface area contributed by atoms with Gasteiger partial charge in [0.1, 0.15) is 5.57 Å². The molecule has 0 saturated carbocycles. The summed E-state index contributed by atoms with van der Waals surface area (Å²) in [5, 5.41) is 26.8. The molecule has 0 unspecified atom stereocenters. The number of nitro groups is 2. The van der Waals surface area contributed by atoms with Crippen LogP contribution in [0.15, 0.2) is 78.4 Å². The molecule has 3 aromatic rings. The summed E-state index contributed by atoms with van der Waals surface area (Å²) in [4.78, 5) is 46.6. The van der Waals surface area contributed by atoms with Crippen LogP contribution < -0.4 is 10.6 Å². The minimum atomic E-state index is -0.730. The molecule has 10 nitrogen and oxygen atoms in total. The molecule has 0 heterocycles. The van der Waals surface area contributed by atoms with E-state index in [0.29, 0.717) is 11.5 Å². The number of hydrogen-bond donors (Lipinski definition) is 2. The van der Waals surface area contributed by atoms with Crippen molar-refractivity contribution in [2.24, 2.45) is 0 Å². The van der Waals surface area contributed by atoms with Crippen molar-refractivity contribution >= 4 is 40.6 Å². The van der Waals surface area contributed by atoms with Gasteiger partial charge in [0.05, 0.1) is 9.85 Å². The van der Waals surface area contributed by atoms with Gasteiger partial charge in [-0.25, -0.2) is 0 Å². The van der Waals surface area contributed by atoms with Crippen LogP contribution >= 0.6 is 0 Å². The van der Waals surface area contributed by atoms with Gasteiger partial charge in [0.15, 0.2) is 0 Å². The molecule has 2 amide bonds. The third-order valence-corrected chi connectivity index (χ3v) is 5.08. The third kappa shape index (κ3) is 6.57. The Bertz CT molecular complexity index is 1210. The van der Waals surface area contributed by atoms with Crippen molar-refractivity contribution in [3.05, 3.63) is 110 Å². The van der Waals surface area contributed by atoms with E-state index in [1.807, 2.05) is 26.0 Å². The molecule has 0 aliphatic carbocycles. The maximum Gasteiger partial charge on any atom is 0.269 e. The van der Waals surface area contributed by atoms with Crippen molar-refractivity contribution in [2.75, 3.05) is 10.6 Å². The predicted molar refractivity (Wildman–Crippen MR) is 132 cm³/mol. The van der Waals surface area contributed by atoms with Gasteiger partial charge in [0.2, 0.25) is 0 Å². The molecule has 35 heavy (non-hydrogen) atoms. The fourth-order valence-corrected chi connectivity index (χ4v) is 3.11. The molecule has 10 heteroatoms. The number of carbonyl (C=O) groups excluding carboxylic acids is 2. The number of amides is 2. The zero-order valence-corrected chi connectivity index (χ0v) is 18.9. The second-order valence-corrected chi connectivity index (χ2v) is 7.90. The van der Waals surface area contributed by atoms with Crippen LogP contribution in [0.5, 0.6) is 0 Å². The number of rotatable bonds is 8. The van der Waals surface area contributed by atoms with Gasteiger partial charge in [-0.15, -0.1) is 0 Å². The Labute approximate surface area is 200 Å². The molecule has 0 aliphatic heterocycles. The molecular formula is C25H22N4O6. The normalized spacial score (nSPS) is 10.4. The highest BCUT2D eigenvalue weighted by molar-refractivity contribution is 6.28. The van der Waals surface area contributed by atoms with Gasteiger partial charge in [-0.3, -0.25) is 29.8 Å². The highest BCUT2D eigenvalue weighted by Crippen LogP contribution is 2.21. The van der Waals surface area contributed by atoms with Crippen LogP contribution in [0.3, 0.4) is 0 Å².